The summed E-state index contributed by atoms with van der Waals surface area (Å²) >= 11 is 11.9. The Balaban J connectivity index is 1.61. The lowest BCUT2D eigenvalue weighted by Gasteiger charge is -2.06. The van der Waals surface area contributed by atoms with Crippen molar-refractivity contribution in [3.05, 3.63) is 70.2 Å². The van der Waals surface area contributed by atoms with E-state index in [1.54, 1.807) is 0 Å². The zero-order valence-corrected chi connectivity index (χ0v) is 14.8. The van der Waals surface area contributed by atoms with Crippen LogP contribution in [0.2, 0.25) is 10.4 Å². The van der Waals surface area contributed by atoms with Gasteiger partial charge in [0, 0.05) is 17.0 Å². The molecule has 3 rings (SSSR count). The Morgan fingerprint density at radius 3 is 2.42 bits per heavy atom. The fourth-order valence-corrected chi connectivity index (χ4v) is 2.69. The van der Waals surface area contributed by atoms with Crippen LogP contribution in [-0.4, -0.2) is 11.6 Å². The van der Waals surface area contributed by atoms with Gasteiger partial charge in [-0.2, -0.15) is 4.98 Å². The predicted octanol–water partition coefficient (Wildman–Crippen LogP) is 5.97. The molecule has 24 heavy (non-hydrogen) atoms. The van der Waals surface area contributed by atoms with Crippen LogP contribution in [0.1, 0.15) is 17.7 Å². The van der Waals surface area contributed by atoms with E-state index in [1.807, 2.05) is 48.5 Å². The summed E-state index contributed by atoms with van der Waals surface area (Å²) in [5.74, 6) is 1.63. The number of benzene rings is 2. The fourth-order valence-electron chi connectivity index (χ4n) is 2.38. The van der Waals surface area contributed by atoms with Gasteiger partial charge in [0.05, 0.1) is 6.61 Å². The van der Waals surface area contributed by atoms with Crippen molar-refractivity contribution in [2.24, 2.45) is 0 Å². The molecular formula is C19H17Cl2NO2. The van der Waals surface area contributed by atoms with Gasteiger partial charge in [0.25, 0.3) is 5.35 Å². The lowest BCUT2D eigenvalue weighted by atomic mass is 10.1. The van der Waals surface area contributed by atoms with Gasteiger partial charge < -0.3 is 9.15 Å². The SMILES string of the molecule is Cc1ccc(OCCCc2oc(Cl)nc2-c2ccc(Cl)cc2)cc1. The number of ether oxygens (including phenoxy) is 1. The van der Waals surface area contributed by atoms with Gasteiger partial charge in [0.2, 0.25) is 0 Å². The molecule has 0 spiro atoms. The first-order valence-electron chi connectivity index (χ1n) is 7.72. The molecule has 0 atom stereocenters. The Hall–Kier alpha value is -1.97. The van der Waals surface area contributed by atoms with E-state index in [4.69, 9.17) is 32.4 Å². The first-order chi connectivity index (χ1) is 11.6. The van der Waals surface area contributed by atoms with Gasteiger partial charge in [-0.3, -0.25) is 0 Å². The summed E-state index contributed by atoms with van der Waals surface area (Å²) < 4.78 is 11.3. The molecule has 0 aliphatic rings. The molecule has 1 aromatic heterocycles. The number of hydrogen-bond acceptors (Lipinski definition) is 3. The van der Waals surface area contributed by atoms with Crippen LogP contribution < -0.4 is 4.74 Å². The lowest BCUT2D eigenvalue weighted by Crippen LogP contribution is -1.99. The standard InChI is InChI=1S/C19H17Cl2NO2/c1-13-4-10-16(11-5-13)23-12-2-3-17-18(22-19(21)24-17)14-6-8-15(20)9-7-14/h4-11H,2-3,12H2,1H3. The molecule has 2 aromatic carbocycles. The van der Waals surface area contributed by atoms with Crippen molar-refractivity contribution in [3.63, 3.8) is 0 Å². The minimum absolute atomic E-state index is 0.148. The zero-order chi connectivity index (χ0) is 16.9. The Morgan fingerprint density at radius 1 is 1.00 bits per heavy atom. The van der Waals surface area contributed by atoms with Gasteiger partial charge in [0.15, 0.2) is 0 Å². The van der Waals surface area contributed by atoms with E-state index in [-0.39, 0.29) is 5.35 Å². The molecule has 0 saturated heterocycles. The third-order valence-corrected chi connectivity index (χ3v) is 4.04. The number of aryl methyl sites for hydroxylation is 2. The molecule has 0 radical (unpaired) electrons. The molecule has 0 unspecified atom stereocenters. The van der Waals surface area contributed by atoms with Crippen LogP contribution in [0.15, 0.2) is 52.9 Å². The summed E-state index contributed by atoms with van der Waals surface area (Å²) in [6, 6.07) is 15.5. The maximum absolute atomic E-state index is 5.94. The van der Waals surface area contributed by atoms with E-state index < -0.39 is 0 Å². The molecule has 124 valence electrons. The highest BCUT2D eigenvalue weighted by molar-refractivity contribution is 6.30. The molecule has 1 heterocycles. The molecule has 3 nitrogen and oxygen atoms in total. The highest BCUT2D eigenvalue weighted by Crippen LogP contribution is 2.28. The van der Waals surface area contributed by atoms with Crippen molar-refractivity contribution in [2.75, 3.05) is 6.61 Å². The molecular weight excluding hydrogens is 345 g/mol. The monoisotopic (exact) mass is 361 g/mol. The first kappa shape index (κ1) is 16.9. The average Bonchev–Trinajstić information content (AvgIpc) is 2.95. The summed E-state index contributed by atoms with van der Waals surface area (Å²) in [7, 11) is 0. The Labute approximate surface area is 151 Å². The zero-order valence-electron chi connectivity index (χ0n) is 13.3. The number of nitrogens with zero attached hydrogens (tertiary/aromatic N) is 1. The van der Waals surface area contributed by atoms with Crippen LogP contribution in [0.5, 0.6) is 5.75 Å². The average molecular weight is 362 g/mol. The molecule has 0 amide bonds. The molecule has 0 aliphatic carbocycles. The normalized spacial score (nSPS) is 10.8. The number of oxazole rings is 1. The quantitative estimate of drug-likeness (QED) is 0.507. The van der Waals surface area contributed by atoms with Gasteiger partial charge in [-0.15, -0.1) is 0 Å². The third kappa shape index (κ3) is 4.31. The Morgan fingerprint density at radius 2 is 1.71 bits per heavy atom. The Bertz CT molecular complexity index is 795. The molecule has 0 fully saturated rings. The van der Waals surface area contributed by atoms with Crippen molar-refractivity contribution in [1.82, 2.24) is 4.98 Å². The maximum atomic E-state index is 5.94. The fraction of sp³-hybridized carbons (Fsp3) is 0.211. The number of hydrogen-bond donors (Lipinski definition) is 0. The van der Waals surface area contributed by atoms with Crippen LogP contribution in [0.3, 0.4) is 0 Å². The van der Waals surface area contributed by atoms with Gasteiger partial charge >= 0.3 is 0 Å². The highest BCUT2D eigenvalue weighted by Gasteiger charge is 2.14. The molecule has 0 N–H and O–H groups in total. The molecule has 0 aliphatic heterocycles. The minimum Gasteiger partial charge on any atom is -0.494 e. The van der Waals surface area contributed by atoms with E-state index in [0.717, 1.165) is 29.2 Å². The van der Waals surface area contributed by atoms with Crippen LogP contribution >= 0.6 is 23.2 Å². The van der Waals surface area contributed by atoms with Gasteiger partial charge in [-0.1, -0.05) is 41.4 Å². The van der Waals surface area contributed by atoms with Crippen molar-refractivity contribution < 1.29 is 9.15 Å². The van der Waals surface area contributed by atoms with E-state index in [9.17, 15) is 0 Å². The van der Waals surface area contributed by atoms with E-state index in [1.165, 1.54) is 5.56 Å². The van der Waals surface area contributed by atoms with Crippen LogP contribution in [-0.2, 0) is 6.42 Å². The number of aromatic nitrogens is 1. The van der Waals surface area contributed by atoms with E-state index in [2.05, 4.69) is 11.9 Å². The second kappa shape index (κ2) is 7.73. The van der Waals surface area contributed by atoms with Crippen LogP contribution in [0, 0.1) is 6.92 Å². The lowest BCUT2D eigenvalue weighted by molar-refractivity contribution is 0.306. The molecule has 5 heteroatoms. The summed E-state index contributed by atoms with van der Waals surface area (Å²) in [6.45, 7) is 2.65. The molecule has 3 aromatic rings. The van der Waals surface area contributed by atoms with Gasteiger partial charge in [0.1, 0.15) is 17.2 Å². The summed E-state index contributed by atoms with van der Waals surface area (Å²) in [6.07, 6.45) is 1.50. The van der Waals surface area contributed by atoms with Gasteiger partial charge in [-0.05, 0) is 49.2 Å². The number of halogens is 2. The predicted molar refractivity (Wildman–Crippen MR) is 97.0 cm³/mol. The third-order valence-electron chi connectivity index (χ3n) is 3.63. The van der Waals surface area contributed by atoms with Crippen molar-refractivity contribution in [2.45, 2.75) is 19.8 Å². The smallest absolute Gasteiger partial charge is 0.292 e. The summed E-state index contributed by atoms with van der Waals surface area (Å²) in [5, 5.41) is 0.829. The molecule has 0 saturated carbocycles. The van der Waals surface area contributed by atoms with Crippen LogP contribution in [0.4, 0.5) is 0 Å². The maximum Gasteiger partial charge on any atom is 0.292 e. The minimum atomic E-state index is 0.148. The van der Waals surface area contributed by atoms with Gasteiger partial charge in [-0.25, -0.2) is 0 Å². The first-order valence-corrected chi connectivity index (χ1v) is 8.48. The summed E-state index contributed by atoms with van der Waals surface area (Å²) in [4.78, 5) is 4.27. The second-order valence-electron chi connectivity index (χ2n) is 5.51. The van der Waals surface area contributed by atoms with Crippen LogP contribution in [0.25, 0.3) is 11.3 Å². The topological polar surface area (TPSA) is 35.3 Å². The second-order valence-corrected chi connectivity index (χ2v) is 6.27. The van der Waals surface area contributed by atoms with Crippen molar-refractivity contribution in [3.8, 4) is 17.0 Å². The Kier molecular flexibility index (Phi) is 5.44. The summed E-state index contributed by atoms with van der Waals surface area (Å²) in [5.41, 5.74) is 2.91. The largest absolute Gasteiger partial charge is 0.494 e. The highest BCUT2D eigenvalue weighted by atomic mass is 35.5. The van der Waals surface area contributed by atoms with E-state index >= 15 is 0 Å². The number of rotatable bonds is 6. The van der Waals surface area contributed by atoms with E-state index in [0.29, 0.717) is 18.1 Å². The van der Waals surface area contributed by atoms with Crippen molar-refractivity contribution >= 4 is 23.2 Å². The van der Waals surface area contributed by atoms with Crippen molar-refractivity contribution in [1.29, 1.82) is 0 Å². The molecule has 0 bridgehead atoms.